The monoisotopic (exact) mass is 594 g/mol. The van der Waals surface area contributed by atoms with Gasteiger partial charge in [0, 0.05) is 42.0 Å². The third kappa shape index (κ3) is 5.04. The van der Waals surface area contributed by atoms with E-state index in [4.69, 9.17) is 0 Å². The van der Waals surface area contributed by atoms with Crippen molar-refractivity contribution in [3.05, 3.63) is 58.1 Å². The molecule has 4 aliphatic heterocycles. The van der Waals surface area contributed by atoms with Gasteiger partial charge in [-0.25, -0.2) is 0 Å². The molecule has 36 heavy (non-hydrogen) atoms. The first-order valence-electron chi connectivity index (χ1n) is 13.1. The molecule has 5 nitrogen and oxygen atoms in total. The number of hydrogen-bond acceptors (Lipinski definition) is 4. The summed E-state index contributed by atoms with van der Waals surface area (Å²) in [5.41, 5.74) is 5.34. The maximum atomic E-state index is 13.0. The number of nitrogens with zero attached hydrogens (tertiary/aromatic N) is 3. The second-order valence-electron chi connectivity index (χ2n) is 10.5. The van der Waals surface area contributed by atoms with E-state index < -0.39 is 0 Å². The third-order valence-corrected chi connectivity index (χ3v) is 9.09. The van der Waals surface area contributed by atoms with Crippen molar-refractivity contribution in [2.45, 2.75) is 63.1 Å². The number of carbonyl (C=O) groups excluding carboxylic acids is 1. The van der Waals surface area contributed by atoms with Crippen LogP contribution in [0.5, 0.6) is 0 Å². The summed E-state index contributed by atoms with van der Waals surface area (Å²) in [6.45, 7) is 5.22. The first kappa shape index (κ1) is 27.7. The second-order valence-corrected chi connectivity index (χ2v) is 11.4. The zero-order valence-corrected chi connectivity index (χ0v) is 24.0. The molecular formula is C28H37BrCl2N4O. The van der Waals surface area contributed by atoms with E-state index in [1.54, 1.807) is 0 Å². The fraction of sp³-hybridized carbons (Fsp3) is 0.536. The summed E-state index contributed by atoms with van der Waals surface area (Å²) in [6, 6.07) is 15.6. The highest BCUT2D eigenvalue weighted by atomic mass is 79.9. The van der Waals surface area contributed by atoms with Gasteiger partial charge < -0.3 is 15.1 Å². The summed E-state index contributed by atoms with van der Waals surface area (Å²) >= 11 is 3.70. The SMILES string of the molecule is Cl.Cl.O=C1NC2CCCCN2C12CCN(CCCN1c3ccccc3CCc3ccc(Br)cc31)CC2. The first-order chi connectivity index (χ1) is 16.6. The minimum atomic E-state index is -0.240. The molecule has 6 rings (SSSR count). The van der Waals surface area contributed by atoms with Crippen LogP contribution in [0.1, 0.15) is 49.7 Å². The molecule has 1 spiro atoms. The van der Waals surface area contributed by atoms with Gasteiger partial charge in [-0.1, -0.05) is 40.2 Å². The predicted molar refractivity (Wildman–Crippen MR) is 155 cm³/mol. The van der Waals surface area contributed by atoms with Crippen molar-refractivity contribution in [2.24, 2.45) is 0 Å². The highest BCUT2D eigenvalue weighted by Crippen LogP contribution is 2.39. The zero-order chi connectivity index (χ0) is 23.1. The molecule has 1 unspecified atom stereocenters. The van der Waals surface area contributed by atoms with Gasteiger partial charge in [-0.05, 0) is 87.2 Å². The van der Waals surface area contributed by atoms with Crippen LogP contribution in [-0.4, -0.2) is 60.1 Å². The van der Waals surface area contributed by atoms with Crippen LogP contribution in [0.4, 0.5) is 11.4 Å². The van der Waals surface area contributed by atoms with E-state index in [1.807, 2.05) is 0 Å². The Balaban J connectivity index is 0.00000152. The summed E-state index contributed by atoms with van der Waals surface area (Å²) < 4.78 is 1.14. The molecule has 0 radical (unpaired) electrons. The molecule has 2 aromatic rings. The average molecular weight is 596 g/mol. The maximum Gasteiger partial charge on any atom is 0.241 e. The smallest absolute Gasteiger partial charge is 0.241 e. The van der Waals surface area contributed by atoms with Crippen LogP contribution in [0.25, 0.3) is 0 Å². The lowest BCUT2D eigenvalue weighted by Crippen LogP contribution is -2.58. The van der Waals surface area contributed by atoms with Crippen molar-refractivity contribution >= 4 is 58.0 Å². The number of amides is 1. The van der Waals surface area contributed by atoms with Gasteiger partial charge in [0.15, 0.2) is 0 Å². The number of rotatable bonds is 4. The lowest BCUT2D eigenvalue weighted by atomic mass is 9.85. The molecule has 0 bridgehead atoms. The highest BCUT2D eigenvalue weighted by Gasteiger charge is 2.54. The molecule has 3 saturated heterocycles. The van der Waals surface area contributed by atoms with Gasteiger partial charge in [-0.3, -0.25) is 9.69 Å². The average Bonchev–Trinajstić information content (AvgIpc) is 3.03. The molecule has 196 valence electrons. The van der Waals surface area contributed by atoms with E-state index in [-0.39, 0.29) is 36.5 Å². The molecule has 3 fully saturated rings. The Labute approximate surface area is 235 Å². The van der Waals surface area contributed by atoms with Crippen molar-refractivity contribution in [2.75, 3.05) is 37.6 Å². The third-order valence-electron chi connectivity index (χ3n) is 8.60. The molecule has 1 amide bonds. The van der Waals surface area contributed by atoms with Gasteiger partial charge in [0.05, 0.1) is 6.17 Å². The number of halogens is 3. The molecule has 1 N–H and O–H groups in total. The quantitative estimate of drug-likeness (QED) is 0.492. The number of carbonyl (C=O) groups is 1. The van der Waals surface area contributed by atoms with Crippen molar-refractivity contribution in [1.29, 1.82) is 0 Å². The Bertz CT molecular complexity index is 1080. The summed E-state index contributed by atoms with van der Waals surface area (Å²) in [5, 5.41) is 3.30. The van der Waals surface area contributed by atoms with Crippen molar-refractivity contribution < 1.29 is 4.79 Å². The molecule has 0 aliphatic carbocycles. The number of anilines is 2. The standard InChI is InChI=1S/C28H35BrN4O.2ClH/c29-23-12-11-22-10-9-21-6-1-2-7-24(21)32(25(22)20-23)16-5-15-31-18-13-28(14-19-31)27(34)30-26-8-3-4-17-33(26)28;;/h1-2,6-7,11-12,20,26H,3-5,8-10,13-19H2,(H,30,34);2*1H. The fourth-order valence-corrected chi connectivity index (χ4v) is 7.10. The Morgan fingerprint density at radius 1 is 0.917 bits per heavy atom. The second kappa shape index (κ2) is 11.6. The van der Waals surface area contributed by atoms with E-state index in [2.05, 4.69) is 78.4 Å². The van der Waals surface area contributed by atoms with E-state index in [0.717, 1.165) is 75.7 Å². The molecule has 1 atom stereocenters. The Hall–Kier alpha value is -1.31. The van der Waals surface area contributed by atoms with Gasteiger partial charge in [-0.2, -0.15) is 0 Å². The fourth-order valence-electron chi connectivity index (χ4n) is 6.75. The van der Waals surface area contributed by atoms with Gasteiger partial charge in [0.25, 0.3) is 0 Å². The van der Waals surface area contributed by atoms with Crippen LogP contribution in [0, 0.1) is 0 Å². The van der Waals surface area contributed by atoms with Crippen LogP contribution in [0.3, 0.4) is 0 Å². The number of nitrogens with one attached hydrogen (secondary N) is 1. The predicted octanol–water partition coefficient (Wildman–Crippen LogP) is 5.70. The van der Waals surface area contributed by atoms with Gasteiger partial charge in [0.1, 0.15) is 5.54 Å². The van der Waals surface area contributed by atoms with Crippen LogP contribution >= 0.6 is 40.7 Å². The summed E-state index contributed by atoms with van der Waals surface area (Å²) in [7, 11) is 0. The highest BCUT2D eigenvalue weighted by molar-refractivity contribution is 9.10. The van der Waals surface area contributed by atoms with E-state index in [0.29, 0.717) is 5.91 Å². The minimum Gasteiger partial charge on any atom is -0.341 e. The number of likely N-dealkylation sites (tertiary alicyclic amines) is 1. The number of para-hydroxylation sites is 1. The topological polar surface area (TPSA) is 38.8 Å². The van der Waals surface area contributed by atoms with Crippen LogP contribution < -0.4 is 10.2 Å². The Morgan fingerprint density at radius 3 is 2.47 bits per heavy atom. The maximum absolute atomic E-state index is 13.0. The van der Waals surface area contributed by atoms with Gasteiger partial charge in [-0.15, -0.1) is 24.8 Å². The van der Waals surface area contributed by atoms with E-state index in [9.17, 15) is 4.79 Å². The number of benzene rings is 2. The normalized spacial score (nSPS) is 23.0. The number of fused-ring (bicyclic) bond motifs is 4. The summed E-state index contributed by atoms with van der Waals surface area (Å²) in [5.74, 6) is 0.294. The molecule has 4 heterocycles. The van der Waals surface area contributed by atoms with Gasteiger partial charge in [0.2, 0.25) is 5.91 Å². The van der Waals surface area contributed by atoms with Crippen LogP contribution in [0.15, 0.2) is 46.9 Å². The van der Waals surface area contributed by atoms with Crippen LogP contribution in [-0.2, 0) is 17.6 Å². The molecule has 0 saturated carbocycles. The van der Waals surface area contributed by atoms with E-state index in [1.165, 1.54) is 35.3 Å². The largest absolute Gasteiger partial charge is 0.341 e. The van der Waals surface area contributed by atoms with Crippen LogP contribution in [0.2, 0.25) is 0 Å². The molecular weight excluding hydrogens is 559 g/mol. The number of aryl methyl sites for hydroxylation is 2. The molecule has 0 aromatic heterocycles. The molecule has 2 aromatic carbocycles. The van der Waals surface area contributed by atoms with Gasteiger partial charge >= 0.3 is 0 Å². The number of hydrogen-bond donors (Lipinski definition) is 1. The van der Waals surface area contributed by atoms with Crippen molar-refractivity contribution in [3.63, 3.8) is 0 Å². The lowest BCUT2D eigenvalue weighted by Gasteiger charge is -2.45. The molecule has 4 aliphatic rings. The summed E-state index contributed by atoms with van der Waals surface area (Å²) in [6.07, 6.45) is 9.11. The van der Waals surface area contributed by atoms with Crippen molar-refractivity contribution in [1.82, 2.24) is 15.1 Å². The lowest BCUT2D eigenvalue weighted by molar-refractivity contribution is -0.129. The first-order valence-corrected chi connectivity index (χ1v) is 13.9. The number of piperidine rings is 2. The van der Waals surface area contributed by atoms with E-state index >= 15 is 0 Å². The molecule has 8 heteroatoms. The zero-order valence-electron chi connectivity index (χ0n) is 20.8. The Morgan fingerprint density at radius 2 is 1.67 bits per heavy atom. The summed E-state index contributed by atoms with van der Waals surface area (Å²) in [4.78, 5) is 20.6. The Kier molecular flexibility index (Phi) is 8.94. The van der Waals surface area contributed by atoms with Crippen molar-refractivity contribution in [3.8, 4) is 0 Å². The minimum absolute atomic E-state index is 0.